The molecule has 0 unspecified atom stereocenters. The second-order valence-corrected chi connectivity index (χ2v) is 6.56. The first-order chi connectivity index (χ1) is 11.5. The molecule has 0 aliphatic carbocycles. The minimum atomic E-state index is -0.514. The van der Waals surface area contributed by atoms with E-state index in [0.717, 1.165) is 10.4 Å². The predicted octanol–water partition coefficient (Wildman–Crippen LogP) is 2.50. The Morgan fingerprint density at radius 2 is 2.00 bits per heavy atom. The molecule has 7 heteroatoms. The number of aryl methyl sites for hydroxylation is 2. The topological polar surface area (TPSA) is 69.9 Å². The molecule has 0 aliphatic rings. The van der Waals surface area contributed by atoms with Crippen molar-refractivity contribution >= 4 is 22.3 Å². The molecule has 0 aliphatic heterocycles. The van der Waals surface area contributed by atoms with Crippen LogP contribution in [0.3, 0.4) is 0 Å². The lowest BCUT2D eigenvalue weighted by atomic mass is 10.2. The fourth-order valence-corrected chi connectivity index (χ4v) is 2.96. The number of fused-ring (bicyclic) bond motifs is 1. The van der Waals surface area contributed by atoms with E-state index in [4.69, 9.17) is 9.47 Å². The average Bonchev–Trinajstić information content (AvgIpc) is 2.93. The Bertz CT molecular complexity index is 928. The van der Waals surface area contributed by atoms with Crippen LogP contribution in [-0.4, -0.2) is 22.0 Å². The number of nitrogens with zero attached hydrogens (tertiary/aromatic N) is 2. The number of thiazole rings is 1. The molecule has 0 saturated carbocycles. The summed E-state index contributed by atoms with van der Waals surface area (Å²) >= 11 is 1.41. The first-order valence-corrected chi connectivity index (χ1v) is 8.17. The minimum Gasteiger partial charge on any atom is -0.482 e. The number of rotatable bonds is 5. The smallest absolute Gasteiger partial charge is 0.344 e. The molecule has 0 atom stereocenters. The minimum absolute atomic E-state index is 0.0568. The summed E-state index contributed by atoms with van der Waals surface area (Å²) in [5.41, 5.74) is 1.35. The molecule has 3 aromatic rings. The normalized spacial score (nSPS) is 10.8. The van der Waals surface area contributed by atoms with Crippen molar-refractivity contribution in [2.45, 2.75) is 20.5 Å². The van der Waals surface area contributed by atoms with Crippen LogP contribution in [0.4, 0.5) is 0 Å². The van der Waals surface area contributed by atoms with Gasteiger partial charge in [-0.1, -0.05) is 17.7 Å². The number of ether oxygens (including phenoxy) is 2. The van der Waals surface area contributed by atoms with Gasteiger partial charge < -0.3 is 9.47 Å². The molecule has 3 rings (SSSR count). The van der Waals surface area contributed by atoms with Crippen LogP contribution in [-0.2, 0) is 16.1 Å². The molecule has 2 aromatic heterocycles. The molecular formula is C17H16N2O4S. The van der Waals surface area contributed by atoms with Crippen LogP contribution < -0.4 is 10.3 Å². The number of hydrogen-bond donors (Lipinski definition) is 0. The fourth-order valence-electron chi connectivity index (χ4n) is 2.11. The predicted molar refractivity (Wildman–Crippen MR) is 90.5 cm³/mol. The van der Waals surface area contributed by atoms with E-state index < -0.39 is 5.97 Å². The zero-order valence-corrected chi connectivity index (χ0v) is 14.1. The molecule has 0 N–H and O–H groups in total. The quantitative estimate of drug-likeness (QED) is 0.665. The second kappa shape index (κ2) is 6.84. The highest BCUT2D eigenvalue weighted by atomic mass is 32.1. The van der Waals surface area contributed by atoms with Gasteiger partial charge in [-0.25, -0.2) is 9.78 Å². The summed E-state index contributed by atoms with van der Waals surface area (Å²) < 4.78 is 11.9. The molecule has 0 fully saturated rings. The summed E-state index contributed by atoms with van der Waals surface area (Å²) in [6, 6.07) is 8.75. The van der Waals surface area contributed by atoms with Gasteiger partial charge in [0.1, 0.15) is 12.4 Å². The van der Waals surface area contributed by atoms with Gasteiger partial charge in [-0.05, 0) is 26.0 Å². The van der Waals surface area contributed by atoms with Crippen LogP contribution in [0.25, 0.3) is 4.96 Å². The van der Waals surface area contributed by atoms with Gasteiger partial charge in [-0.2, -0.15) is 0 Å². The van der Waals surface area contributed by atoms with Gasteiger partial charge in [0.15, 0.2) is 11.6 Å². The number of carbonyl (C=O) groups is 1. The Balaban J connectivity index is 1.58. The van der Waals surface area contributed by atoms with Gasteiger partial charge in [0, 0.05) is 17.1 Å². The first kappa shape index (κ1) is 16.2. The third-order valence-electron chi connectivity index (χ3n) is 3.29. The van der Waals surface area contributed by atoms with E-state index in [-0.39, 0.29) is 18.8 Å². The average molecular weight is 344 g/mol. The van der Waals surface area contributed by atoms with Gasteiger partial charge >= 0.3 is 5.97 Å². The van der Waals surface area contributed by atoms with Crippen molar-refractivity contribution in [1.29, 1.82) is 0 Å². The zero-order valence-electron chi connectivity index (χ0n) is 13.3. The van der Waals surface area contributed by atoms with E-state index in [1.807, 2.05) is 26.0 Å². The van der Waals surface area contributed by atoms with Crippen molar-refractivity contribution in [3.05, 3.63) is 63.0 Å². The standard InChI is InChI=1S/C17H16N2O4S/c1-11-3-5-14(6-4-11)22-10-16(21)23-9-13-7-15(20)19-8-12(2)24-17(19)18-13/h3-8H,9-10H2,1-2H3. The number of esters is 1. The van der Waals surface area contributed by atoms with Gasteiger partial charge in [-0.15, -0.1) is 11.3 Å². The summed E-state index contributed by atoms with van der Waals surface area (Å²) in [4.78, 5) is 29.6. The lowest BCUT2D eigenvalue weighted by molar-refractivity contribution is -0.147. The summed E-state index contributed by atoms with van der Waals surface area (Å²) in [6.45, 7) is 3.63. The van der Waals surface area contributed by atoms with Crippen LogP contribution >= 0.6 is 11.3 Å². The first-order valence-electron chi connectivity index (χ1n) is 7.35. The third kappa shape index (κ3) is 3.80. The highest BCUT2D eigenvalue weighted by Gasteiger charge is 2.09. The molecule has 0 saturated heterocycles. The van der Waals surface area contributed by atoms with E-state index in [2.05, 4.69) is 4.98 Å². The fraction of sp³-hybridized carbons (Fsp3) is 0.235. The molecule has 0 bridgehead atoms. The maximum atomic E-state index is 12.0. The number of hydrogen-bond acceptors (Lipinski definition) is 6. The Morgan fingerprint density at radius 1 is 1.25 bits per heavy atom. The van der Waals surface area contributed by atoms with E-state index in [9.17, 15) is 9.59 Å². The molecule has 1 aromatic carbocycles. The molecule has 0 amide bonds. The van der Waals surface area contributed by atoms with Crippen molar-refractivity contribution in [1.82, 2.24) is 9.38 Å². The van der Waals surface area contributed by atoms with E-state index in [0.29, 0.717) is 16.4 Å². The maximum absolute atomic E-state index is 12.0. The molecule has 24 heavy (non-hydrogen) atoms. The second-order valence-electron chi connectivity index (χ2n) is 5.34. The largest absolute Gasteiger partial charge is 0.482 e. The lowest BCUT2D eigenvalue weighted by Crippen LogP contribution is -2.17. The van der Waals surface area contributed by atoms with Gasteiger partial charge in [0.05, 0.1) is 5.69 Å². The van der Waals surface area contributed by atoms with Crippen molar-refractivity contribution in [3.63, 3.8) is 0 Å². The third-order valence-corrected chi connectivity index (χ3v) is 4.19. The molecule has 2 heterocycles. The summed E-state index contributed by atoms with van der Waals surface area (Å²) in [7, 11) is 0. The molecule has 0 radical (unpaired) electrons. The SMILES string of the molecule is Cc1ccc(OCC(=O)OCc2cc(=O)n3cc(C)sc3n2)cc1. The van der Waals surface area contributed by atoms with E-state index >= 15 is 0 Å². The Morgan fingerprint density at radius 3 is 2.75 bits per heavy atom. The maximum Gasteiger partial charge on any atom is 0.344 e. The number of benzene rings is 1. The number of carbonyl (C=O) groups excluding carboxylic acids is 1. The van der Waals surface area contributed by atoms with Gasteiger partial charge in [0.25, 0.3) is 5.56 Å². The van der Waals surface area contributed by atoms with Crippen molar-refractivity contribution < 1.29 is 14.3 Å². The summed E-state index contributed by atoms with van der Waals surface area (Å²) in [6.07, 6.45) is 1.74. The zero-order chi connectivity index (χ0) is 17.1. The van der Waals surface area contributed by atoms with Crippen molar-refractivity contribution in [2.24, 2.45) is 0 Å². The lowest BCUT2D eigenvalue weighted by Gasteiger charge is -2.07. The molecule has 0 spiro atoms. The van der Waals surface area contributed by atoms with Gasteiger partial charge in [-0.3, -0.25) is 9.20 Å². The highest BCUT2D eigenvalue weighted by molar-refractivity contribution is 7.16. The number of aromatic nitrogens is 2. The van der Waals surface area contributed by atoms with Crippen molar-refractivity contribution in [2.75, 3.05) is 6.61 Å². The Hall–Kier alpha value is -2.67. The van der Waals surface area contributed by atoms with Crippen LogP contribution in [0.1, 0.15) is 16.1 Å². The van der Waals surface area contributed by atoms with Crippen LogP contribution in [0.5, 0.6) is 5.75 Å². The molecule has 124 valence electrons. The van der Waals surface area contributed by atoms with Crippen LogP contribution in [0, 0.1) is 13.8 Å². The van der Waals surface area contributed by atoms with E-state index in [1.54, 1.807) is 18.3 Å². The van der Waals surface area contributed by atoms with Crippen molar-refractivity contribution in [3.8, 4) is 5.75 Å². The Labute approximate surface area is 142 Å². The molecular weight excluding hydrogens is 328 g/mol. The van der Waals surface area contributed by atoms with Crippen LogP contribution in [0.15, 0.2) is 41.3 Å². The molecule has 6 nitrogen and oxygen atoms in total. The highest BCUT2D eigenvalue weighted by Crippen LogP contribution is 2.14. The summed E-state index contributed by atoms with van der Waals surface area (Å²) in [5, 5.41) is 0. The van der Waals surface area contributed by atoms with Gasteiger partial charge in [0.2, 0.25) is 0 Å². The summed E-state index contributed by atoms with van der Waals surface area (Å²) in [5.74, 6) is 0.0873. The monoisotopic (exact) mass is 344 g/mol. The van der Waals surface area contributed by atoms with E-state index in [1.165, 1.54) is 21.8 Å². The van der Waals surface area contributed by atoms with Crippen LogP contribution in [0.2, 0.25) is 0 Å². The Kier molecular flexibility index (Phi) is 4.61.